The number of allylic oxidation sites excluding steroid dienone is 9. The van der Waals surface area contributed by atoms with Crippen molar-refractivity contribution in [3.05, 3.63) is 187 Å². The second kappa shape index (κ2) is 14.9. The molecule has 0 saturated carbocycles. The van der Waals surface area contributed by atoms with Crippen LogP contribution in [-0.4, -0.2) is 15.8 Å². The van der Waals surface area contributed by atoms with Crippen LogP contribution in [0.25, 0.3) is 50.6 Å². The molecule has 0 spiro atoms. The molecule has 0 bridgehead atoms. The van der Waals surface area contributed by atoms with E-state index in [0.717, 1.165) is 61.5 Å². The monoisotopic (exact) mass is 610 g/mol. The Labute approximate surface area is 278 Å². The topological polar surface area (TPSA) is 42.9 Å². The van der Waals surface area contributed by atoms with Gasteiger partial charge in [0, 0.05) is 33.4 Å². The standard InChI is InChI=1S/C44H38N2O/c1-7-15-30(5)33-21-25-35(26-22-33)41-40(32(9-3)10-4)42(36-27-23-34(24-28-36)31(6)16-8-2)46-44(45-41)39-20-14-19-38(29-39)43(47)37-17-12-11-13-18-37/h7-29H,1,3,6H2,2,4-5H3. The van der Waals surface area contributed by atoms with Gasteiger partial charge in [-0.25, -0.2) is 9.97 Å². The molecule has 0 radical (unpaired) electrons. The van der Waals surface area contributed by atoms with Crippen molar-refractivity contribution in [2.45, 2.75) is 20.8 Å². The maximum Gasteiger partial charge on any atom is 0.193 e. The van der Waals surface area contributed by atoms with Gasteiger partial charge in [0.15, 0.2) is 11.6 Å². The number of ketones is 1. The van der Waals surface area contributed by atoms with Gasteiger partial charge in [0.2, 0.25) is 0 Å². The first-order valence-electron chi connectivity index (χ1n) is 15.6. The molecule has 4 aromatic carbocycles. The van der Waals surface area contributed by atoms with E-state index >= 15 is 0 Å². The highest BCUT2D eigenvalue weighted by Gasteiger charge is 2.21. The maximum atomic E-state index is 13.4. The van der Waals surface area contributed by atoms with Gasteiger partial charge in [-0.15, -0.1) is 0 Å². The fourth-order valence-corrected chi connectivity index (χ4v) is 5.50. The van der Waals surface area contributed by atoms with Crippen LogP contribution in [0.4, 0.5) is 0 Å². The minimum atomic E-state index is -0.0529. The van der Waals surface area contributed by atoms with Gasteiger partial charge in [-0.2, -0.15) is 0 Å². The molecule has 1 aromatic heterocycles. The maximum absolute atomic E-state index is 13.4. The van der Waals surface area contributed by atoms with Gasteiger partial charge in [-0.1, -0.05) is 153 Å². The zero-order valence-electron chi connectivity index (χ0n) is 27.2. The first-order valence-corrected chi connectivity index (χ1v) is 15.6. The lowest BCUT2D eigenvalue weighted by Crippen LogP contribution is -2.04. The zero-order valence-corrected chi connectivity index (χ0v) is 27.2. The highest BCUT2D eigenvalue weighted by molar-refractivity contribution is 6.09. The molecular formula is C44H38N2O. The number of benzene rings is 4. The molecule has 0 amide bonds. The number of hydrogen-bond donors (Lipinski definition) is 0. The van der Waals surface area contributed by atoms with Gasteiger partial charge in [0.05, 0.1) is 11.4 Å². The number of nitrogens with zero attached hydrogens (tertiary/aromatic N) is 2. The first-order chi connectivity index (χ1) is 22.9. The summed E-state index contributed by atoms with van der Waals surface area (Å²) in [4.78, 5) is 23.8. The van der Waals surface area contributed by atoms with E-state index in [1.54, 1.807) is 6.08 Å². The summed E-state index contributed by atoms with van der Waals surface area (Å²) in [6.07, 6.45) is 11.6. The van der Waals surface area contributed by atoms with Gasteiger partial charge in [-0.3, -0.25) is 4.79 Å². The quantitative estimate of drug-likeness (QED) is 0.110. The number of aromatic nitrogens is 2. The molecule has 3 heteroatoms. The molecule has 0 aliphatic heterocycles. The van der Waals surface area contributed by atoms with E-state index < -0.39 is 0 Å². The molecule has 0 N–H and O–H groups in total. The highest BCUT2D eigenvalue weighted by atomic mass is 16.1. The molecular weight excluding hydrogens is 572 g/mol. The van der Waals surface area contributed by atoms with Crippen molar-refractivity contribution in [3.63, 3.8) is 0 Å². The fourth-order valence-electron chi connectivity index (χ4n) is 5.50. The smallest absolute Gasteiger partial charge is 0.193 e. The van der Waals surface area contributed by atoms with Crippen LogP contribution in [0.1, 0.15) is 53.4 Å². The van der Waals surface area contributed by atoms with Crippen LogP contribution in [0.15, 0.2) is 159 Å². The summed E-state index contributed by atoms with van der Waals surface area (Å²) in [6, 6.07) is 33.5. The van der Waals surface area contributed by atoms with E-state index in [1.165, 1.54) is 0 Å². The number of carbonyl (C=O) groups is 1. The van der Waals surface area contributed by atoms with E-state index in [4.69, 9.17) is 9.97 Å². The third kappa shape index (κ3) is 7.16. The lowest BCUT2D eigenvalue weighted by atomic mass is 9.92. The largest absolute Gasteiger partial charge is 0.289 e. The van der Waals surface area contributed by atoms with Crippen LogP contribution < -0.4 is 0 Å². The SMILES string of the molecule is C=CC=C(C)c1ccc(-c2nc(-c3cccc(C(=O)c4ccccc4)c3)nc(-c3ccc(C(=C)C=CC)cc3)c2C(C=C)=CC)cc1. The third-order valence-corrected chi connectivity index (χ3v) is 8.03. The molecule has 230 valence electrons. The molecule has 0 aliphatic carbocycles. The lowest BCUT2D eigenvalue weighted by molar-refractivity contribution is 0.103. The average molecular weight is 611 g/mol. The Kier molecular flexibility index (Phi) is 10.3. The Bertz CT molecular complexity index is 2040. The second-order valence-corrected chi connectivity index (χ2v) is 11.1. The lowest BCUT2D eigenvalue weighted by Gasteiger charge is -2.18. The normalized spacial score (nSPS) is 11.8. The van der Waals surface area contributed by atoms with E-state index in [9.17, 15) is 4.79 Å². The summed E-state index contributed by atoms with van der Waals surface area (Å²) >= 11 is 0. The van der Waals surface area contributed by atoms with Crippen LogP contribution in [0.3, 0.4) is 0 Å². The second-order valence-electron chi connectivity index (χ2n) is 11.1. The highest BCUT2D eigenvalue weighted by Crippen LogP contribution is 2.38. The van der Waals surface area contributed by atoms with Gasteiger partial charge in [0.1, 0.15) is 0 Å². The van der Waals surface area contributed by atoms with Crippen molar-refractivity contribution in [2.24, 2.45) is 0 Å². The summed E-state index contributed by atoms with van der Waals surface area (Å²) in [7, 11) is 0. The van der Waals surface area contributed by atoms with E-state index in [-0.39, 0.29) is 5.78 Å². The van der Waals surface area contributed by atoms with Crippen LogP contribution in [-0.2, 0) is 0 Å². The Morgan fingerprint density at radius 3 is 1.83 bits per heavy atom. The van der Waals surface area contributed by atoms with Crippen molar-refractivity contribution in [1.29, 1.82) is 0 Å². The molecule has 0 fully saturated rings. The molecule has 0 saturated heterocycles. The first kappa shape index (κ1) is 32.5. The molecule has 47 heavy (non-hydrogen) atoms. The van der Waals surface area contributed by atoms with Crippen LogP contribution in [0.2, 0.25) is 0 Å². The van der Waals surface area contributed by atoms with Crippen LogP contribution in [0, 0.1) is 0 Å². The summed E-state index contributed by atoms with van der Waals surface area (Å²) in [5.41, 5.74) is 11.4. The van der Waals surface area contributed by atoms with Crippen molar-refractivity contribution < 1.29 is 4.79 Å². The minimum absolute atomic E-state index is 0.0529. The molecule has 0 unspecified atom stereocenters. The molecule has 0 atom stereocenters. The third-order valence-electron chi connectivity index (χ3n) is 8.03. The Morgan fingerprint density at radius 2 is 1.28 bits per heavy atom. The Balaban J connectivity index is 1.76. The van der Waals surface area contributed by atoms with Crippen LogP contribution >= 0.6 is 0 Å². The van der Waals surface area contributed by atoms with E-state index in [2.05, 4.69) is 75.2 Å². The minimum Gasteiger partial charge on any atom is -0.289 e. The number of hydrogen-bond acceptors (Lipinski definition) is 3. The van der Waals surface area contributed by atoms with Gasteiger partial charge >= 0.3 is 0 Å². The Hall–Kier alpha value is -5.93. The summed E-state index contributed by atoms with van der Waals surface area (Å²) in [6.45, 7) is 18.2. The van der Waals surface area contributed by atoms with E-state index in [0.29, 0.717) is 17.0 Å². The van der Waals surface area contributed by atoms with Gasteiger partial charge < -0.3 is 0 Å². The predicted octanol–water partition coefficient (Wildman–Crippen LogP) is 11.5. The zero-order chi connectivity index (χ0) is 33.3. The van der Waals surface area contributed by atoms with Crippen molar-refractivity contribution in [2.75, 3.05) is 0 Å². The molecule has 0 aliphatic rings. The van der Waals surface area contributed by atoms with Crippen molar-refractivity contribution in [3.8, 4) is 33.9 Å². The molecule has 1 heterocycles. The summed E-state index contributed by atoms with van der Waals surface area (Å²) < 4.78 is 0. The van der Waals surface area contributed by atoms with Crippen molar-refractivity contribution in [1.82, 2.24) is 9.97 Å². The van der Waals surface area contributed by atoms with E-state index in [1.807, 2.05) is 98.8 Å². The molecule has 3 nitrogen and oxygen atoms in total. The molecule has 5 aromatic rings. The Morgan fingerprint density at radius 1 is 0.681 bits per heavy atom. The number of carbonyl (C=O) groups excluding carboxylic acids is 1. The van der Waals surface area contributed by atoms with Crippen molar-refractivity contribution >= 4 is 22.5 Å². The number of rotatable bonds is 11. The summed E-state index contributed by atoms with van der Waals surface area (Å²) in [5.74, 6) is 0.470. The average Bonchev–Trinajstić information content (AvgIpc) is 3.12. The predicted molar refractivity (Wildman–Crippen MR) is 200 cm³/mol. The fraction of sp³-hybridized carbons (Fsp3) is 0.0682. The molecule has 5 rings (SSSR count). The van der Waals surface area contributed by atoms with Gasteiger partial charge in [0.25, 0.3) is 0 Å². The summed E-state index contributed by atoms with van der Waals surface area (Å²) in [5, 5.41) is 0. The van der Waals surface area contributed by atoms with Gasteiger partial charge in [-0.05, 0) is 54.7 Å². The van der Waals surface area contributed by atoms with Crippen LogP contribution in [0.5, 0.6) is 0 Å².